The number of hydrogen-bond donors (Lipinski definition) is 4. The van der Waals surface area contributed by atoms with Crippen LogP contribution in [-0.2, 0) is 4.79 Å². The van der Waals surface area contributed by atoms with Gasteiger partial charge >= 0.3 is 6.03 Å². The average Bonchev–Trinajstić information content (AvgIpc) is 3.07. The van der Waals surface area contributed by atoms with Crippen molar-refractivity contribution in [3.05, 3.63) is 29.8 Å². The van der Waals surface area contributed by atoms with Crippen molar-refractivity contribution in [3.8, 4) is 22.9 Å². The first-order chi connectivity index (χ1) is 12.9. The Hall–Kier alpha value is -3.45. The van der Waals surface area contributed by atoms with Gasteiger partial charge in [0.25, 0.3) is 0 Å². The molecule has 2 heterocycles. The van der Waals surface area contributed by atoms with E-state index in [9.17, 15) is 20.0 Å². The Kier molecular flexibility index (Phi) is 5.05. The quantitative estimate of drug-likeness (QED) is 0.571. The number of imide groups is 1. The number of carbonyl (C=O) groups excluding carboxylic acids is 2. The van der Waals surface area contributed by atoms with Crippen LogP contribution in [0.2, 0.25) is 0 Å². The smallest absolute Gasteiger partial charge is 0.324 e. The number of nitrogens with one attached hydrogen (secondary N) is 1. The normalized spacial score (nSPS) is 13.3. The minimum absolute atomic E-state index is 0.00981. The molecule has 10 heteroatoms. The summed E-state index contributed by atoms with van der Waals surface area (Å²) in [6.45, 7) is 0.711. The third kappa shape index (κ3) is 3.58. The SMILES string of the molecule is N#Cc1c(SCC(=O)N2CCNC2=O)nc(N)c(N)c1-c1cccc(O)c1. The number of nitrogens with zero attached hydrogens (tertiary/aromatic N) is 3. The third-order valence-electron chi connectivity index (χ3n) is 3.97. The molecule has 27 heavy (non-hydrogen) atoms. The summed E-state index contributed by atoms with van der Waals surface area (Å²) in [4.78, 5) is 29.0. The molecule has 0 saturated carbocycles. The highest BCUT2D eigenvalue weighted by atomic mass is 32.2. The van der Waals surface area contributed by atoms with E-state index < -0.39 is 11.9 Å². The number of anilines is 2. The van der Waals surface area contributed by atoms with Crippen LogP contribution in [0, 0.1) is 11.3 Å². The topological polar surface area (TPSA) is 158 Å². The number of hydrogen-bond acceptors (Lipinski definition) is 8. The van der Waals surface area contributed by atoms with Crippen LogP contribution in [0.4, 0.5) is 16.3 Å². The standard InChI is InChI=1S/C17H16N6O3S/c18-7-11-13(9-2-1-3-10(24)6-9)14(19)15(20)22-16(11)27-8-12(25)23-5-4-21-17(23)26/h1-3,6,24H,4-5,8,19H2,(H2,20,22)(H,21,26). The van der Waals surface area contributed by atoms with E-state index in [4.69, 9.17) is 11.5 Å². The van der Waals surface area contributed by atoms with Crippen LogP contribution in [0.15, 0.2) is 29.3 Å². The molecule has 0 unspecified atom stereocenters. The maximum absolute atomic E-state index is 12.2. The van der Waals surface area contributed by atoms with Gasteiger partial charge in [0.2, 0.25) is 5.91 Å². The molecule has 2 aromatic rings. The van der Waals surface area contributed by atoms with E-state index in [2.05, 4.69) is 10.3 Å². The van der Waals surface area contributed by atoms with Crippen LogP contribution in [0.5, 0.6) is 5.75 Å². The molecule has 3 amide bonds. The van der Waals surface area contributed by atoms with Crippen LogP contribution in [0.1, 0.15) is 5.56 Å². The number of amides is 3. The van der Waals surface area contributed by atoms with Gasteiger partial charge in [-0.15, -0.1) is 0 Å². The number of benzene rings is 1. The number of nitrogens with two attached hydrogens (primary N) is 2. The lowest BCUT2D eigenvalue weighted by molar-refractivity contribution is -0.124. The predicted octanol–water partition coefficient (Wildman–Crippen LogP) is 1.13. The zero-order valence-electron chi connectivity index (χ0n) is 14.1. The molecule has 1 saturated heterocycles. The summed E-state index contributed by atoms with van der Waals surface area (Å²) in [5, 5.41) is 22.2. The number of carbonyl (C=O) groups is 2. The van der Waals surface area contributed by atoms with E-state index in [1.807, 2.05) is 6.07 Å². The lowest BCUT2D eigenvalue weighted by Crippen LogP contribution is -2.35. The van der Waals surface area contributed by atoms with Crippen LogP contribution >= 0.6 is 11.8 Å². The van der Waals surface area contributed by atoms with Gasteiger partial charge in [0.1, 0.15) is 22.7 Å². The highest BCUT2D eigenvalue weighted by molar-refractivity contribution is 8.00. The number of pyridine rings is 1. The monoisotopic (exact) mass is 384 g/mol. The number of thioether (sulfide) groups is 1. The summed E-state index contributed by atoms with van der Waals surface area (Å²) in [5.74, 6) is -0.454. The fourth-order valence-corrected chi connectivity index (χ4v) is 3.55. The number of phenolic OH excluding ortho intramolecular Hbond substituents is 1. The molecule has 1 fully saturated rings. The van der Waals surface area contributed by atoms with Crippen molar-refractivity contribution in [1.82, 2.24) is 15.2 Å². The molecular formula is C17H16N6O3S. The molecule has 0 atom stereocenters. The lowest BCUT2D eigenvalue weighted by atomic mass is 10.00. The first-order valence-corrected chi connectivity index (χ1v) is 8.90. The van der Waals surface area contributed by atoms with Crippen molar-refractivity contribution in [2.75, 3.05) is 30.3 Å². The summed E-state index contributed by atoms with van der Waals surface area (Å²) >= 11 is 1.00. The first kappa shape index (κ1) is 18.3. The van der Waals surface area contributed by atoms with Gasteiger partial charge in [0.05, 0.1) is 17.0 Å². The summed E-state index contributed by atoms with van der Waals surface area (Å²) in [6, 6.07) is 7.85. The molecule has 3 rings (SSSR count). The zero-order chi connectivity index (χ0) is 19.6. The van der Waals surface area contributed by atoms with Gasteiger partial charge < -0.3 is 21.9 Å². The fraction of sp³-hybridized carbons (Fsp3) is 0.176. The highest BCUT2D eigenvalue weighted by Crippen LogP contribution is 2.38. The minimum atomic E-state index is -0.439. The van der Waals surface area contributed by atoms with E-state index in [0.717, 1.165) is 16.7 Å². The van der Waals surface area contributed by atoms with Gasteiger partial charge in [0, 0.05) is 18.7 Å². The third-order valence-corrected chi connectivity index (χ3v) is 4.93. The van der Waals surface area contributed by atoms with Gasteiger partial charge in [-0.1, -0.05) is 23.9 Å². The van der Waals surface area contributed by atoms with Gasteiger partial charge in [-0.3, -0.25) is 9.69 Å². The number of phenols is 1. The van der Waals surface area contributed by atoms with Crippen molar-refractivity contribution < 1.29 is 14.7 Å². The van der Waals surface area contributed by atoms with Crippen LogP contribution in [0.25, 0.3) is 11.1 Å². The molecule has 6 N–H and O–H groups in total. The molecule has 0 spiro atoms. The molecule has 0 radical (unpaired) electrons. The Balaban J connectivity index is 1.95. The predicted molar refractivity (Wildman–Crippen MR) is 101 cm³/mol. The molecule has 9 nitrogen and oxygen atoms in total. The number of aromatic hydroxyl groups is 1. The molecule has 1 aliphatic heterocycles. The maximum Gasteiger partial charge on any atom is 0.324 e. The van der Waals surface area contributed by atoms with Gasteiger partial charge in [-0.2, -0.15) is 5.26 Å². The van der Waals surface area contributed by atoms with Crippen LogP contribution in [0.3, 0.4) is 0 Å². The largest absolute Gasteiger partial charge is 0.508 e. The highest BCUT2D eigenvalue weighted by Gasteiger charge is 2.27. The second kappa shape index (κ2) is 7.43. The van der Waals surface area contributed by atoms with E-state index in [1.54, 1.807) is 12.1 Å². The first-order valence-electron chi connectivity index (χ1n) is 7.91. The molecule has 1 aromatic heterocycles. The average molecular weight is 384 g/mol. The molecule has 0 aliphatic carbocycles. The zero-order valence-corrected chi connectivity index (χ0v) is 14.9. The summed E-state index contributed by atoms with van der Waals surface area (Å²) in [5.41, 5.74) is 13.0. The Bertz CT molecular complexity index is 972. The second-order valence-corrected chi connectivity index (χ2v) is 6.66. The number of aromatic nitrogens is 1. The Morgan fingerprint density at radius 3 is 2.85 bits per heavy atom. The van der Waals surface area contributed by atoms with Crippen molar-refractivity contribution >= 4 is 35.2 Å². The van der Waals surface area contributed by atoms with E-state index >= 15 is 0 Å². The van der Waals surface area contributed by atoms with E-state index in [-0.39, 0.29) is 33.6 Å². The Morgan fingerprint density at radius 1 is 1.44 bits per heavy atom. The maximum atomic E-state index is 12.2. The molecular weight excluding hydrogens is 368 g/mol. The van der Waals surface area contributed by atoms with Crippen molar-refractivity contribution in [1.29, 1.82) is 5.26 Å². The summed E-state index contributed by atoms with van der Waals surface area (Å²) < 4.78 is 0. The number of nitrogen functional groups attached to an aromatic ring is 2. The van der Waals surface area contributed by atoms with E-state index in [1.165, 1.54) is 12.1 Å². The Labute approximate surface area is 159 Å². The Morgan fingerprint density at radius 2 is 2.22 bits per heavy atom. The number of urea groups is 1. The van der Waals surface area contributed by atoms with Crippen molar-refractivity contribution in [3.63, 3.8) is 0 Å². The molecule has 1 aliphatic rings. The van der Waals surface area contributed by atoms with Crippen LogP contribution in [-0.4, -0.2) is 45.8 Å². The summed E-state index contributed by atoms with van der Waals surface area (Å²) in [7, 11) is 0. The molecule has 138 valence electrons. The van der Waals surface area contributed by atoms with Gasteiger partial charge in [-0.05, 0) is 17.7 Å². The van der Waals surface area contributed by atoms with Gasteiger partial charge in [0.15, 0.2) is 0 Å². The van der Waals surface area contributed by atoms with E-state index in [0.29, 0.717) is 24.2 Å². The summed E-state index contributed by atoms with van der Waals surface area (Å²) in [6.07, 6.45) is 0. The number of rotatable bonds is 4. The number of nitriles is 1. The fourth-order valence-electron chi connectivity index (χ4n) is 2.68. The minimum Gasteiger partial charge on any atom is -0.508 e. The molecule has 1 aromatic carbocycles. The van der Waals surface area contributed by atoms with Crippen molar-refractivity contribution in [2.45, 2.75) is 5.03 Å². The molecule has 0 bridgehead atoms. The van der Waals surface area contributed by atoms with Crippen molar-refractivity contribution in [2.24, 2.45) is 0 Å². The second-order valence-electron chi connectivity index (χ2n) is 5.69. The lowest BCUT2D eigenvalue weighted by Gasteiger charge is -2.15. The van der Waals surface area contributed by atoms with Gasteiger partial charge in [-0.25, -0.2) is 9.78 Å². The van der Waals surface area contributed by atoms with Crippen LogP contribution < -0.4 is 16.8 Å².